The predicted octanol–water partition coefficient (Wildman–Crippen LogP) is 2.77. The molecule has 3 rings (SSSR count). The van der Waals surface area contributed by atoms with Gasteiger partial charge in [-0.1, -0.05) is 36.4 Å². The number of aryl methyl sites for hydroxylation is 3. The van der Waals surface area contributed by atoms with Crippen molar-refractivity contribution in [3.05, 3.63) is 60.7 Å². The number of nitrogens with zero attached hydrogens (tertiary/aromatic N) is 4. The normalized spacial score (nSPS) is 10.9. The molecule has 3 aromatic rings. The van der Waals surface area contributed by atoms with Gasteiger partial charge in [-0.25, -0.2) is 15.0 Å². The molecule has 0 radical (unpaired) electrons. The molecule has 2 N–H and O–H groups in total. The van der Waals surface area contributed by atoms with Crippen molar-refractivity contribution >= 4 is 17.0 Å². The Bertz CT molecular complexity index is 776. The lowest BCUT2D eigenvalue weighted by molar-refractivity contribution is 0.667. The van der Waals surface area contributed by atoms with Crippen molar-refractivity contribution in [1.82, 2.24) is 19.5 Å². The molecule has 2 heterocycles. The summed E-state index contributed by atoms with van der Waals surface area (Å²) in [5, 5.41) is 0. The monoisotopic (exact) mass is 293 g/mol. The molecule has 0 saturated heterocycles. The SMILES string of the molecule is C=CCCn1c(CCc2ccccc2)nc2c(N)ncnc21. The van der Waals surface area contributed by atoms with Crippen molar-refractivity contribution in [1.29, 1.82) is 0 Å². The maximum absolute atomic E-state index is 5.93. The van der Waals surface area contributed by atoms with Gasteiger partial charge >= 0.3 is 0 Å². The van der Waals surface area contributed by atoms with E-state index in [0.29, 0.717) is 11.3 Å². The molecule has 5 nitrogen and oxygen atoms in total. The molecule has 1 aromatic carbocycles. The number of anilines is 1. The van der Waals surface area contributed by atoms with Crippen LogP contribution in [0.4, 0.5) is 5.82 Å². The quantitative estimate of drug-likeness (QED) is 0.709. The van der Waals surface area contributed by atoms with Gasteiger partial charge in [-0.3, -0.25) is 0 Å². The van der Waals surface area contributed by atoms with Crippen LogP contribution in [-0.2, 0) is 19.4 Å². The largest absolute Gasteiger partial charge is 0.382 e. The van der Waals surface area contributed by atoms with E-state index in [1.165, 1.54) is 11.9 Å². The molecule has 2 aromatic heterocycles. The van der Waals surface area contributed by atoms with E-state index in [1.54, 1.807) is 0 Å². The molecule has 0 atom stereocenters. The highest BCUT2D eigenvalue weighted by Gasteiger charge is 2.14. The van der Waals surface area contributed by atoms with Crippen LogP contribution in [0.1, 0.15) is 17.8 Å². The fourth-order valence-electron chi connectivity index (χ4n) is 2.55. The highest BCUT2D eigenvalue weighted by Crippen LogP contribution is 2.19. The Morgan fingerprint density at radius 1 is 1.14 bits per heavy atom. The molecule has 0 aliphatic rings. The van der Waals surface area contributed by atoms with Gasteiger partial charge in [-0.05, 0) is 18.4 Å². The van der Waals surface area contributed by atoms with Gasteiger partial charge in [0.25, 0.3) is 0 Å². The van der Waals surface area contributed by atoms with Crippen LogP contribution in [0.3, 0.4) is 0 Å². The molecule has 0 amide bonds. The molecule has 0 aliphatic heterocycles. The van der Waals surface area contributed by atoms with Gasteiger partial charge in [0.2, 0.25) is 0 Å². The van der Waals surface area contributed by atoms with E-state index < -0.39 is 0 Å². The lowest BCUT2D eigenvalue weighted by atomic mass is 10.1. The molecular weight excluding hydrogens is 274 g/mol. The molecule has 0 saturated carbocycles. The second-order valence-corrected chi connectivity index (χ2v) is 5.17. The standard InChI is InChI=1S/C17H19N5/c1-2-3-11-22-14(10-9-13-7-5-4-6-8-13)21-15-16(18)19-12-20-17(15)22/h2,4-8,12H,1,3,9-11H2,(H2,18,19,20). The van der Waals surface area contributed by atoms with Crippen LogP contribution in [0, 0.1) is 0 Å². The van der Waals surface area contributed by atoms with Gasteiger partial charge in [0.05, 0.1) is 0 Å². The zero-order chi connectivity index (χ0) is 15.4. The van der Waals surface area contributed by atoms with Crippen LogP contribution in [-0.4, -0.2) is 19.5 Å². The van der Waals surface area contributed by atoms with E-state index in [1.807, 2.05) is 12.1 Å². The molecule has 0 spiro atoms. The Labute approximate surface area is 129 Å². The summed E-state index contributed by atoms with van der Waals surface area (Å²) in [6, 6.07) is 10.4. The number of hydrogen-bond acceptors (Lipinski definition) is 4. The zero-order valence-corrected chi connectivity index (χ0v) is 12.4. The molecule has 22 heavy (non-hydrogen) atoms. The van der Waals surface area contributed by atoms with Crippen LogP contribution in [0.2, 0.25) is 0 Å². The minimum Gasteiger partial charge on any atom is -0.382 e. The minimum absolute atomic E-state index is 0.434. The molecular formula is C17H19N5. The van der Waals surface area contributed by atoms with E-state index in [9.17, 15) is 0 Å². The van der Waals surface area contributed by atoms with Crippen LogP contribution < -0.4 is 5.73 Å². The third-order valence-corrected chi connectivity index (χ3v) is 3.68. The van der Waals surface area contributed by atoms with Crippen LogP contribution in [0.25, 0.3) is 11.2 Å². The molecule has 0 unspecified atom stereocenters. The molecule has 0 aliphatic carbocycles. The molecule has 5 heteroatoms. The third kappa shape index (κ3) is 2.83. The first-order valence-corrected chi connectivity index (χ1v) is 7.40. The van der Waals surface area contributed by atoms with Gasteiger partial charge in [0.15, 0.2) is 17.0 Å². The summed E-state index contributed by atoms with van der Waals surface area (Å²) in [7, 11) is 0. The Kier molecular flexibility index (Phi) is 4.14. The van der Waals surface area contributed by atoms with Gasteiger partial charge in [0, 0.05) is 13.0 Å². The summed E-state index contributed by atoms with van der Waals surface area (Å²) in [6.45, 7) is 4.60. The number of benzene rings is 1. The Morgan fingerprint density at radius 2 is 1.95 bits per heavy atom. The lowest BCUT2D eigenvalue weighted by Gasteiger charge is -2.07. The van der Waals surface area contributed by atoms with Gasteiger partial charge in [-0.2, -0.15) is 0 Å². The van der Waals surface area contributed by atoms with E-state index in [0.717, 1.165) is 37.3 Å². The maximum Gasteiger partial charge on any atom is 0.165 e. The smallest absolute Gasteiger partial charge is 0.165 e. The Hall–Kier alpha value is -2.69. The second kappa shape index (κ2) is 6.39. The van der Waals surface area contributed by atoms with Crippen LogP contribution in [0.5, 0.6) is 0 Å². The highest BCUT2D eigenvalue weighted by atomic mass is 15.1. The van der Waals surface area contributed by atoms with Crippen molar-refractivity contribution in [2.75, 3.05) is 5.73 Å². The van der Waals surface area contributed by atoms with E-state index in [4.69, 9.17) is 5.73 Å². The highest BCUT2D eigenvalue weighted by molar-refractivity contribution is 5.81. The van der Waals surface area contributed by atoms with Crippen molar-refractivity contribution in [3.63, 3.8) is 0 Å². The lowest BCUT2D eigenvalue weighted by Crippen LogP contribution is -2.06. The number of allylic oxidation sites excluding steroid dienone is 1. The first kappa shape index (κ1) is 14.3. The maximum atomic E-state index is 5.93. The number of rotatable bonds is 6. The summed E-state index contributed by atoms with van der Waals surface area (Å²) in [5.41, 5.74) is 8.72. The first-order valence-electron chi connectivity index (χ1n) is 7.40. The number of fused-ring (bicyclic) bond motifs is 1. The van der Waals surface area contributed by atoms with Gasteiger partial charge in [-0.15, -0.1) is 6.58 Å². The van der Waals surface area contributed by atoms with E-state index in [2.05, 4.69) is 50.4 Å². The van der Waals surface area contributed by atoms with E-state index in [-0.39, 0.29) is 0 Å². The number of aromatic nitrogens is 4. The van der Waals surface area contributed by atoms with Crippen LogP contribution >= 0.6 is 0 Å². The number of nitrogens with two attached hydrogens (primary N) is 1. The van der Waals surface area contributed by atoms with Crippen molar-refractivity contribution in [2.45, 2.75) is 25.8 Å². The Balaban J connectivity index is 1.93. The van der Waals surface area contributed by atoms with Gasteiger partial charge in [0.1, 0.15) is 12.2 Å². The molecule has 0 bridgehead atoms. The van der Waals surface area contributed by atoms with E-state index >= 15 is 0 Å². The molecule has 0 fully saturated rings. The summed E-state index contributed by atoms with van der Waals surface area (Å²) >= 11 is 0. The fourth-order valence-corrected chi connectivity index (χ4v) is 2.55. The average Bonchev–Trinajstić information content (AvgIpc) is 2.91. The summed E-state index contributed by atoms with van der Waals surface area (Å²) < 4.78 is 2.12. The average molecular weight is 293 g/mol. The Morgan fingerprint density at radius 3 is 2.73 bits per heavy atom. The summed E-state index contributed by atoms with van der Waals surface area (Å²) in [6.07, 6.45) is 6.04. The third-order valence-electron chi connectivity index (χ3n) is 3.68. The number of imidazole rings is 1. The second-order valence-electron chi connectivity index (χ2n) is 5.17. The minimum atomic E-state index is 0.434. The summed E-state index contributed by atoms with van der Waals surface area (Å²) in [5.74, 6) is 1.43. The fraction of sp³-hybridized carbons (Fsp3) is 0.235. The first-order chi connectivity index (χ1) is 10.8. The number of nitrogen functional groups attached to an aromatic ring is 1. The summed E-state index contributed by atoms with van der Waals surface area (Å²) in [4.78, 5) is 13.0. The van der Waals surface area contributed by atoms with Crippen LogP contribution in [0.15, 0.2) is 49.3 Å². The molecule has 112 valence electrons. The van der Waals surface area contributed by atoms with Gasteiger partial charge < -0.3 is 10.3 Å². The van der Waals surface area contributed by atoms with Crippen molar-refractivity contribution < 1.29 is 0 Å². The number of hydrogen-bond donors (Lipinski definition) is 1. The topological polar surface area (TPSA) is 69.6 Å². The predicted molar refractivity (Wildman–Crippen MR) is 88.4 cm³/mol. The van der Waals surface area contributed by atoms with Crippen molar-refractivity contribution in [2.24, 2.45) is 0 Å². The van der Waals surface area contributed by atoms with Crippen molar-refractivity contribution in [3.8, 4) is 0 Å². The zero-order valence-electron chi connectivity index (χ0n) is 12.4.